The molecule has 2 rings (SSSR count). The summed E-state index contributed by atoms with van der Waals surface area (Å²) in [6, 6.07) is 6.72. The molecule has 2 unspecified atom stereocenters. The fraction of sp³-hybridized carbons (Fsp3) is 0.739. The van der Waals surface area contributed by atoms with Gasteiger partial charge < -0.3 is 9.05 Å². The summed E-state index contributed by atoms with van der Waals surface area (Å²) in [7, 11) is -0.824. The van der Waals surface area contributed by atoms with Gasteiger partial charge >= 0.3 is 0 Å². The quantitative estimate of drug-likeness (QED) is 0.491. The molecule has 1 aliphatic heterocycles. The third-order valence-electron chi connectivity index (χ3n) is 5.72. The van der Waals surface area contributed by atoms with Crippen molar-refractivity contribution in [2.75, 3.05) is 12.8 Å². The van der Waals surface area contributed by atoms with E-state index in [-0.39, 0.29) is 10.8 Å². The summed E-state index contributed by atoms with van der Waals surface area (Å²) in [6.45, 7) is 19.0. The van der Waals surface area contributed by atoms with Crippen molar-refractivity contribution in [2.45, 2.75) is 91.9 Å². The summed E-state index contributed by atoms with van der Waals surface area (Å²) in [5.41, 5.74) is 3.22. The van der Waals surface area contributed by atoms with Crippen LogP contribution in [0.1, 0.15) is 92.2 Å². The smallest absolute Gasteiger partial charge is 0.230 e. The summed E-state index contributed by atoms with van der Waals surface area (Å²) in [6.07, 6.45) is 5.98. The van der Waals surface area contributed by atoms with Gasteiger partial charge in [-0.2, -0.15) is 0 Å². The molecular weight excluding hydrogens is 339 g/mol. The van der Waals surface area contributed by atoms with Crippen LogP contribution in [0, 0.1) is 5.41 Å². The Kier molecular flexibility index (Phi) is 6.84. The molecule has 0 radical (unpaired) electrons. The molecule has 0 aromatic heterocycles. The molecule has 1 aliphatic rings. The minimum Gasteiger partial charge on any atom is -0.447 e. The number of rotatable bonds is 5. The van der Waals surface area contributed by atoms with Gasteiger partial charge in [-0.1, -0.05) is 73.9 Å². The van der Waals surface area contributed by atoms with Gasteiger partial charge in [0.2, 0.25) is 8.38 Å². The van der Waals surface area contributed by atoms with E-state index in [0.29, 0.717) is 5.41 Å². The summed E-state index contributed by atoms with van der Waals surface area (Å²) in [5, 5.41) is 0. The average molecular weight is 379 g/mol. The number of hydrogen-bond donors (Lipinski definition) is 0. The van der Waals surface area contributed by atoms with Crippen LogP contribution in [-0.2, 0) is 15.4 Å². The van der Waals surface area contributed by atoms with Crippen molar-refractivity contribution in [2.24, 2.45) is 5.41 Å². The lowest BCUT2D eigenvalue weighted by atomic mass is 9.79. The van der Waals surface area contributed by atoms with E-state index in [4.69, 9.17) is 9.05 Å². The lowest BCUT2D eigenvalue weighted by Gasteiger charge is -2.39. The molecule has 0 amide bonds. The molecule has 0 saturated carbocycles. The van der Waals surface area contributed by atoms with Gasteiger partial charge in [0, 0.05) is 11.7 Å². The van der Waals surface area contributed by atoms with Gasteiger partial charge in [0.15, 0.2) is 0 Å². The maximum Gasteiger partial charge on any atom is 0.230 e. The maximum atomic E-state index is 6.44. The second-order valence-electron chi connectivity index (χ2n) is 9.99. The van der Waals surface area contributed by atoms with Crippen molar-refractivity contribution in [3.8, 4) is 5.75 Å². The summed E-state index contributed by atoms with van der Waals surface area (Å²) in [4.78, 5) is 0. The van der Waals surface area contributed by atoms with Crippen molar-refractivity contribution < 1.29 is 9.05 Å². The highest BCUT2D eigenvalue weighted by molar-refractivity contribution is 7.47. The van der Waals surface area contributed by atoms with E-state index in [1.165, 1.54) is 36.8 Å². The third kappa shape index (κ3) is 5.23. The second-order valence-corrected chi connectivity index (χ2v) is 11.5. The second kappa shape index (κ2) is 8.19. The monoisotopic (exact) mass is 378 g/mol. The standard InChI is InChI=1S/C23H39O2P/c1-9-13-23(10-2)14-15-26(24-17-23)25-20-12-11-18(21(3,4)5)16-19(20)22(6,7)8/h11-12,16H,9-10,13-15,17H2,1-8H3. The Morgan fingerprint density at radius 2 is 1.77 bits per heavy atom. The largest absolute Gasteiger partial charge is 0.447 e. The Hall–Kier alpha value is -0.590. The van der Waals surface area contributed by atoms with E-state index >= 15 is 0 Å². The highest BCUT2D eigenvalue weighted by Gasteiger charge is 2.36. The van der Waals surface area contributed by atoms with Crippen molar-refractivity contribution in [3.63, 3.8) is 0 Å². The topological polar surface area (TPSA) is 18.5 Å². The first kappa shape index (κ1) is 21.7. The molecule has 0 aliphatic carbocycles. The maximum absolute atomic E-state index is 6.44. The zero-order valence-electron chi connectivity index (χ0n) is 18.2. The van der Waals surface area contributed by atoms with E-state index in [0.717, 1.165) is 18.5 Å². The molecule has 1 fully saturated rings. The van der Waals surface area contributed by atoms with Gasteiger partial charge in [-0.15, -0.1) is 0 Å². The van der Waals surface area contributed by atoms with E-state index in [1.807, 2.05) is 0 Å². The molecule has 1 aromatic carbocycles. The van der Waals surface area contributed by atoms with Crippen molar-refractivity contribution in [1.29, 1.82) is 0 Å². The average Bonchev–Trinajstić information content (AvgIpc) is 2.55. The first-order chi connectivity index (χ1) is 12.0. The SMILES string of the molecule is CCCC1(CC)CCP(Oc2ccc(C(C)(C)C)cc2C(C)(C)C)OC1. The Morgan fingerprint density at radius 1 is 1.08 bits per heavy atom. The molecule has 1 saturated heterocycles. The Morgan fingerprint density at radius 3 is 2.23 bits per heavy atom. The lowest BCUT2D eigenvalue weighted by Crippen LogP contribution is -2.31. The van der Waals surface area contributed by atoms with Crippen LogP contribution in [0.15, 0.2) is 18.2 Å². The molecule has 26 heavy (non-hydrogen) atoms. The fourth-order valence-corrected chi connectivity index (χ4v) is 5.43. The van der Waals surface area contributed by atoms with Gasteiger partial charge in [0.1, 0.15) is 5.75 Å². The van der Waals surface area contributed by atoms with Gasteiger partial charge in [0.05, 0.1) is 6.61 Å². The Labute approximate surface area is 163 Å². The van der Waals surface area contributed by atoms with Crippen LogP contribution in [0.25, 0.3) is 0 Å². The number of hydrogen-bond acceptors (Lipinski definition) is 2. The predicted molar refractivity (Wildman–Crippen MR) is 114 cm³/mol. The molecule has 2 nitrogen and oxygen atoms in total. The van der Waals surface area contributed by atoms with Crippen LogP contribution >= 0.6 is 8.38 Å². The molecule has 0 spiro atoms. The van der Waals surface area contributed by atoms with Crippen molar-refractivity contribution >= 4 is 8.38 Å². The molecular formula is C23H39O2P. The molecule has 148 valence electrons. The Balaban J connectivity index is 2.17. The zero-order valence-corrected chi connectivity index (χ0v) is 19.1. The molecule has 3 heteroatoms. The van der Waals surface area contributed by atoms with Gasteiger partial charge in [0.25, 0.3) is 0 Å². The minimum absolute atomic E-state index is 0.0527. The molecule has 1 aromatic rings. The van der Waals surface area contributed by atoms with E-state index < -0.39 is 8.38 Å². The zero-order chi connectivity index (χ0) is 19.6. The van der Waals surface area contributed by atoms with Crippen LogP contribution in [0.5, 0.6) is 5.75 Å². The molecule has 1 heterocycles. The van der Waals surface area contributed by atoms with Gasteiger partial charge in [-0.25, -0.2) is 0 Å². The molecule has 2 atom stereocenters. The van der Waals surface area contributed by atoms with Crippen LogP contribution in [0.2, 0.25) is 0 Å². The van der Waals surface area contributed by atoms with Crippen molar-refractivity contribution in [3.05, 3.63) is 29.3 Å². The van der Waals surface area contributed by atoms with Gasteiger partial charge in [-0.3, -0.25) is 0 Å². The van der Waals surface area contributed by atoms with Crippen LogP contribution in [0.4, 0.5) is 0 Å². The van der Waals surface area contributed by atoms with E-state index in [2.05, 4.69) is 73.6 Å². The van der Waals surface area contributed by atoms with E-state index in [1.54, 1.807) is 0 Å². The Bertz CT molecular complexity index is 587. The first-order valence-corrected chi connectivity index (χ1v) is 11.6. The summed E-state index contributed by atoms with van der Waals surface area (Å²) in [5.74, 6) is 1.01. The predicted octanol–water partition coefficient (Wildman–Crippen LogP) is 7.59. The highest BCUT2D eigenvalue weighted by Crippen LogP contribution is 2.52. The van der Waals surface area contributed by atoms with Crippen LogP contribution in [0.3, 0.4) is 0 Å². The van der Waals surface area contributed by atoms with Crippen molar-refractivity contribution in [1.82, 2.24) is 0 Å². The van der Waals surface area contributed by atoms with Gasteiger partial charge in [-0.05, 0) is 47.1 Å². The number of benzene rings is 1. The lowest BCUT2D eigenvalue weighted by molar-refractivity contribution is 0.104. The first-order valence-electron chi connectivity index (χ1n) is 10.2. The summed E-state index contributed by atoms with van der Waals surface area (Å²) < 4.78 is 12.7. The van der Waals surface area contributed by atoms with E-state index in [9.17, 15) is 0 Å². The third-order valence-corrected chi connectivity index (χ3v) is 7.13. The highest BCUT2D eigenvalue weighted by atomic mass is 31.2. The molecule has 0 N–H and O–H groups in total. The molecule has 0 bridgehead atoms. The van der Waals surface area contributed by atoms with Crippen LogP contribution < -0.4 is 4.52 Å². The normalized spacial score (nSPS) is 24.5. The minimum atomic E-state index is -0.824. The van der Waals surface area contributed by atoms with Crippen LogP contribution in [-0.4, -0.2) is 12.8 Å². The summed E-state index contributed by atoms with van der Waals surface area (Å²) >= 11 is 0. The fourth-order valence-electron chi connectivity index (χ4n) is 3.70.